The van der Waals surface area contributed by atoms with Gasteiger partial charge in [0.05, 0.1) is 43.9 Å². The Labute approximate surface area is 268 Å². The number of amides is 2. The van der Waals surface area contributed by atoms with Crippen molar-refractivity contribution in [1.82, 2.24) is 41.3 Å². The second kappa shape index (κ2) is 15.7. The normalized spacial score (nSPS) is 37.5. The highest BCUT2D eigenvalue weighted by Gasteiger charge is 2.39. The van der Waals surface area contributed by atoms with Crippen LogP contribution in [0.2, 0.25) is 0 Å². The minimum Gasteiger partial charge on any atom is -0.390 e. The van der Waals surface area contributed by atoms with Gasteiger partial charge < -0.3 is 29.7 Å². The molecule has 5 saturated heterocycles. The summed E-state index contributed by atoms with van der Waals surface area (Å²) in [5.41, 5.74) is 0. The van der Waals surface area contributed by atoms with Gasteiger partial charge in [0.1, 0.15) is 6.29 Å². The summed E-state index contributed by atoms with van der Waals surface area (Å²) in [4.78, 5) is 31.7. The number of fused-ring (bicyclic) bond motifs is 1. The zero-order valence-corrected chi connectivity index (χ0v) is 27.4. The standard InChI is InChI=1S/C32H58N8O5/c1-21-29(45-20-34-21)19-44-27-7-6-24-15-38(11-8-23(24)12-27)18-26(42)14-33-31(43)28-13-30(39-9-4-3-5-10-39)37-32(36-28)35-25-16-40(17-25)22(2)41/h21,23-30,32,34-37,42H,3-20H2,1-2H3,(H,33,43)/t21?,23?,24?,26-,27?,28?,29?,30?,32?/m0/s1. The molecule has 1 saturated carbocycles. The van der Waals surface area contributed by atoms with E-state index in [9.17, 15) is 14.7 Å². The van der Waals surface area contributed by atoms with Crippen molar-refractivity contribution in [3.8, 4) is 0 Å². The van der Waals surface area contributed by atoms with E-state index in [0.29, 0.717) is 63.4 Å². The number of carbonyl (C=O) groups excluding carboxylic acids is 2. The predicted molar refractivity (Wildman–Crippen MR) is 170 cm³/mol. The van der Waals surface area contributed by atoms with Crippen molar-refractivity contribution in [2.75, 3.05) is 65.7 Å². The van der Waals surface area contributed by atoms with Gasteiger partial charge in [-0.25, -0.2) is 0 Å². The van der Waals surface area contributed by atoms with Crippen LogP contribution in [0.25, 0.3) is 0 Å². The Bertz CT molecular complexity index is 981. The molecule has 0 aromatic carbocycles. The summed E-state index contributed by atoms with van der Waals surface area (Å²) < 4.78 is 12.0. The highest BCUT2D eigenvalue weighted by molar-refractivity contribution is 5.82. The van der Waals surface area contributed by atoms with Crippen LogP contribution in [0.4, 0.5) is 0 Å². The van der Waals surface area contributed by atoms with Gasteiger partial charge in [0.15, 0.2) is 0 Å². The van der Waals surface area contributed by atoms with Crippen LogP contribution in [0.1, 0.15) is 65.2 Å². The van der Waals surface area contributed by atoms with Gasteiger partial charge in [0.25, 0.3) is 0 Å². The van der Waals surface area contributed by atoms with Crippen LogP contribution in [0.3, 0.4) is 0 Å². The summed E-state index contributed by atoms with van der Waals surface area (Å²) >= 11 is 0. The highest BCUT2D eigenvalue weighted by Crippen LogP contribution is 2.37. The molecule has 0 aromatic heterocycles. The first-order valence-corrected chi connectivity index (χ1v) is 17.7. The fourth-order valence-corrected chi connectivity index (χ4v) is 8.30. The number of piperidine rings is 2. The molecule has 1 aliphatic carbocycles. The maximum Gasteiger partial charge on any atom is 0.237 e. The molecule has 13 heteroatoms. The van der Waals surface area contributed by atoms with Gasteiger partial charge in [-0.3, -0.25) is 35.8 Å². The number of ether oxygens (including phenoxy) is 2. The lowest BCUT2D eigenvalue weighted by Crippen LogP contribution is -2.74. The van der Waals surface area contributed by atoms with Gasteiger partial charge in [0.2, 0.25) is 11.8 Å². The molecule has 45 heavy (non-hydrogen) atoms. The summed E-state index contributed by atoms with van der Waals surface area (Å²) in [6, 6.07) is 0.185. The summed E-state index contributed by atoms with van der Waals surface area (Å²) in [5, 5.41) is 28.0. The molecule has 5 aliphatic heterocycles. The molecule has 2 amide bonds. The van der Waals surface area contributed by atoms with Crippen LogP contribution in [0.15, 0.2) is 0 Å². The summed E-state index contributed by atoms with van der Waals surface area (Å²) in [7, 11) is 0. The molecule has 13 nitrogen and oxygen atoms in total. The van der Waals surface area contributed by atoms with Gasteiger partial charge in [-0.05, 0) is 76.9 Å². The first-order chi connectivity index (χ1) is 21.8. The molecule has 8 unspecified atom stereocenters. The number of hydrogen-bond donors (Lipinski definition) is 6. The predicted octanol–water partition coefficient (Wildman–Crippen LogP) is -0.827. The fourth-order valence-electron chi connectivity index (χ4n) is 8.30. The van der Waals surface area contributed by atoms with Crippen LogP contribution in [-0.4, -0.2) is 146 Å². The van der Waals surface area contributed by atoms with Gasteiger partial charge in [0, 0.05) is 58.2 Å². The molecule has 0 radical (unpaired) electrons. The molecule has 6 fully saturated rings. The molecule has 6 N–H and O–H groups in total. The van der Waals surface area contributed by atoms with Crippen LogP contribution in [-0.2, 0) is 19.1 Å². The van der Waals surface area contributed by atoms with E-state index in [0.717, 1.165) is 45.4 Å². The van der Waals surface area contributed by atoms with E-state index in [1.54, 1.807) is 6.92 Å². The number of nitrogens with zero attached hydrogens (tertiary/aromatic N) is 3. The van der Waals surface area contributed by atoms with Crippen molar-refractivity contribution in [2.24, 2.45) is 11.8 Å². The van der Waals surface area contributed by atoms with E-state index in [1.165, 1.54) is 25.7 Å². The van der Waals surface area contributed by atoms with E-state index in [4.69, 9.17) is 9.47 Å². The zero-order valence-electron chi connectivity index (χ0n) is 27.4. The second-order valence-electron chi connectivity index (χ2n) is 14.5. The van der Waals surface area contributed by atoms with Crippen molar-refractivity contribution in [3.05, 3.63) is 0 Å². The Morgan fingerprint density at radius 2 is 1.84 bits per heavy atom. The number of carbonyl (C=O) groups is 2. The third-order valence-electron chi connectivity index (χ3n) is 11.2. The topological polar surface area (TPSA) is 143 Å². The van der Waals surface area contributed by atoms with Crippen LogP contribution in [0, 0.1) is 11.8 Å². The number of nitrogens with one attached hydrogen (secondary N) is 5. The minimum atomic E-state index is -0.603. The number of aliphatic hydroxyl groups is 1. The first kappa shape index (κ1) is 33.5. The van der Waals surface area contributed by atoms with Crippen molar-refractivity contribution < 1.29 is 24.2 Å². The number of rotatable bonds is 11. The second-order valence-corrected chi connectivity index (χ2v) is 14.5. The lowest BCUT2D eigenvalue weighted by molar-refractivity contribution is -0.134. The molecule has 0 aromatic rings. The number of β-amino-alcohol motifs (C(OH)–C–C–N with tert-alkyl or cyclic N) is 1. The Hall–Kier alpha value is -1.42. The molecular weight excluding hydrogens is 576 g/mol. The SMILES string of the molecule is CC(=O)N1CC(NC2NC(C(=O)NC[C@H](O)CN3CCC4CC(OCC5OCNC5C)CCC4C3)CC(N3CCCCC3)N2)C1. The van der Waals surface area contributed by atoms with E-state index in [2.05, 4.69) is 43.3 Å². The number of hydrogen-bond acceptors (Lipinski definition) is 11. The third-order valence-corrected chi connectivity index (χ3v) is 11.2. The van der Waals surface area contributed by atoms with Crippen LogP contribution in [0.5, 0.6) is 0 Å². The van der Waals surface area contributed by atoms with Crippen LogP contribution >= 0.6 is 0 Å². The summed E-state index contributed by atoms with van der Waals surface area (Å²) in [5.74, 6) is 1.37. The van der Waals surface area contributed by atoms with Crippen molar-refractivity contribution in [1.29, 1.82) is 0 Å². The Kier molecular flexibility index (Phi) is 11.6. The fraction of sp³-hybridized carbons (Fsp3) is 0.938. The Balaban J connectivity index is 0.922. The molecule has 5 heterocycles. The molecule has 6 rings (SSSR count). The van der Waals surface area contributed by atoms with Gasteiger partial charge in [-0.1, -0.05) is 6.42 Å². The monoisotopic (exact) mass is 634 g/mol. The van der Waals surface area contributed by atoms with E-state index in [1.807, 2.05) is 4.90 Å². The minimum absolute atomic E-state index is 0.0615. The maximum atomic E-state index is 13.4. The summed E-state index contributed by atoms with van der Waals surface area (Å²) in [6.45, 7) is 11.3. The quantitative estimate of drug-likeness (QED) is 0.170. The average molecular weight is 635 g/mol. The van der Waals surface area contributed by atoms with Crippen molar-refractivity contribution in [3.63, 3.8) is 0 Å². The van der Waals surface area contributed by atoms with E-state index < -0.39 is 6.10 Å². The molecule has 0 bridgehead atoms. The number of likely N-dealkylation sites (tertiary alicyclic amines) is 3. The smallest absolute Gasteiger partial charge is 0.237 e. The van der Waals surface area contributed by atoms with Crippen molar-refractivity contribution >= 4 is 11.8 Å². The largest absolute Gasteiger partial charge is 0.390 e. The molecule has 9 atom stereocenters. The molecule has 256 valence electrons. The van der Waals surface area contributed by atoms with Crippen LogP contribution < -0.4 is 26.6 Å². The maximum absolute atomic E-state index is 13.4. The zero-order chi connectivity index (χ0) is 31.3. The molecular formula is C32H58N8O5. The lowest BCUT2D eigenvalue weighted by Gasteiger charge is -2.47. The Morgan fingerprint density at radius 1 is 1.02 bits per heavy atom. The van der Waals surface area contributed by atoms with E-state index in [-0.39, 0.29) is 49.0 Å². The van der Waals surface area contributed by atoms with Gasteiger partial charge >= 0.3 is 0 Å². The van der Waals surface area contributed by atoms with Gasteiger partial charge in [-0.2, -0.15) is 0 Å². The summed E-state index contributed by atoms with van der Waals surface area (Å²) in [6.07, 6.45) is 8.58. The third kappa shape index (κ3) is 8.94. The molecule has 6 aliphatic rings. The average Bonchev–Trinajstić information content (AvgIpc) is 3.44. The van der Waals surface area contributed by atoms with Crippen molar-refractivity contribution in [2.45, 2.75) is 114 Å². The molecule has 0 spiro atoms. The van der Waals surface area contributed by atoms with E-state index >= 15 is 0 Å². The lowest BCUT2D eigenvalue weighted by atomic mass is 9.74. The highest BCUT2D eigenvalue weighted by atomic mass is 16.5. The van der Waals surface area contributed by atoms with Gasteiger partial charge in [-0.15, -0.1) is 0 Å². The first-order valence-electron chi connectivity index (χ1n) is 17.7. The number of aliphatic hydroxyl groups excluding tert-OH is 1. The Morgan fingerprint density at radius 3 is 2.60 bits per heavy atom.